The standard InChI is InChI=1S/C24H25N3O6/c1-26(6-7-28)4-5-27-23-16-10-21-22(33-13-32-21)11-18(16)25-12-17(23)14-8-19(30-2)20(31-3)9-15(14)24(27)29/h8-12,28H,4-7,13H2,1-3H3. The molecule has 1 aliphatic heterocycles. The zero-order valence-electron chi connectivity index (χ0n) is 18.8. The van der Waals surface area contributed by atoms with Gasteiger partial charge in [-0.1, -0.05) is 0 Å². The van der Waals surface area contributed by atoms with Crippen LogP contribution < -0.4 is 24.5 Å². The molecule has 4 aromatic rings. The van der Waals surface area contributed by atoms with Crippen molar-refractivity contribution in [1.82, 2.24) is 14.5 Å². The number of nitrogens with zero attached hydrogens (tertiary/aromatic N) is 3. The first kappa shape index (κ1) is 21.3. The fraction of sp³-hybridized carbons (Fsp3) is 0.333. The number of rotatable bonds is 7. The summed E-state index contributed by atoms with van der Waals surface area (Å²) in [5.74, 6) is 2.29. The van der Waals surface area contributed by atoms with Gasteiger partial charge in [-0.3, -0.25) is 9.78 Å². The summed E-state index contributed by atoms with van der Waals surface area (Å²) in [5, 5.41) is 12.1. The van der Waals surface area contributed by atoms with E-state index in [1.165, 1.54) is 0 Å². The SMILES string of the molecule is COc1cc2c(=O)n(CCN(C)CCO)c3c4cc5c(cc4ncc3c2cc1OC)OCO5. The molecule has 0 aliphatic carbocycles. The second-order valence-corrected chi connectivity index (χ2v) is 7.98. The molecule has 0 saturated carbocycles. The summed E-state index contributed by atoms with van der Waals surface area (Å²) in [7, 11) is 5.03. The number of hydrogen-bond donors (Lipinski definition) is 1. The van der Waals surface area contributed by atoms with Crippen molar-refractivity contribution in [2.24, 2.45) is 0 Å². The van der Waals surface area contributed by atoms with Gasteiger partial charge in [-0.05, 0) is 25.2 Å². The number of fused-ring (bicyclic) bond motifs is 6. The van der Waals surface area contributed by atoms with E-state index in [1.807, 2.05) is 30.1 Å². The van der Waals surface area contributed by atoms with Gasteiger partial charge < -0.3 is 33.5 Å². The Bertz CT molecular complexity index is 1430. The first-order chi connectivity index (χ1) is 16.0. The zero-order chi connectivity index (χ0) is 23.1. The Morgan fingerprint density at radius 1 is 1.00 bits per heavy atom. The smallest absolute Gasteiger partial charge is 0.259 e. The summed E-state index contributed by atoms with van der Waals surface area (Å²) >= 11 is 0. The fourth-order valence-electron chi connectivity index (χ4n) is 4.35. The molecule has 9 heteroatoms. The van der Waals surface area contributed by atoms with Gasteiger partial charge in [-0.15, -0.1) is 0 Å². The second-order valence-electron chi connectivity index (χ2n) is 7.98. The molecule has 9 nitrogen and oxygen atoms in total. The van der Waals surface area contributed by atoms with E-state index in [0.717, 1.165) is 21.7 Å². The third kappa shape index (κ3) is 3.49. The zero-order valence-corrected chi connectivity index (χ0v) is 18.8. The molecule has 0 radical (unpaired) electrons. The monoisotopic (exact) mass is 451 g/mol. The van der Waals surface area contributed by atoms with Crippen LogP contribution in [0.3, 0.4) is 0 Å². The maximum absolute atomic E-state index is 13.8. The second kappa shape index (κ2) is 8.42. The van der Waals surface area contributed by atoms with E-state index in [0.29, 0.717) is 53.5 Å². The van der Waals surface area contributed by atoms with Gasteiger partial charge in [-0.2, -0.15) is 0 Å². The molecule has 5 rings (SSSR count). The summed E-state index contributed by atoms with van der Waals surface area (Å²) in [6.07, 6.45) is 1.78. The summed E-state index contributed by atoms with van der Waals surface area (Å²) in [6.45, 7) is 1.75. The maximum Gasteiger partial charge on any atom is 0.259 e. The molecular formula is C24H25N3O6. The van der Waals surface area contributed by atoms with Crippen LogP contribution in [-0.2, 0) is 6.54 Å². The summed E-state index contributed by atoms with van der Waals surface area (Å²) in [6, 6.07) is 7.25. The van der Waals surface area contributed by atoms with Crippen LogP contribution in [-0.4, -0.2) is 67.3 Å². The molecule has 3 heterocycles. The van der Waals surface area contributed by atoms with Crippen molar-refractivity contribution in [3.63, 3.8) is 0 Å². The Morgan fingerprint density at radius 3 is 2.39 bits per heavy atom. The highest BCUT2D eigenvalue weighted by Crippen LogP contribution is 2.40. The predicted octanol–water partition coefficient (Wildman–Crippen LogP) is 2.37. The largest absolute Gasteiger partial charge is 0.493 e. The quantitative estimate of drug-likeness (QED) is 0.428. The lowest BCUT2D eigenvalue weighted by Crippen LogP contribution is -2.30. The van der Waals surface area contributed by atoms with Gasteiger partial charge in [0.25, 0.3) is 5.56 Å². The maximum atomic E-state index is 13.8. The van der Waals surface area contributed by atoms with Gasteiger partial charge in [-0.25, -0.2) is 0 Å². The first-order valence-corrected chi connectivity index (χ1v) is 10.7. The molecule has 1 aliphatic rings. The molecule has 0 saturated heterocycles. The van der Waals surface area contributed by atoms with Crippen LogP contribution in [0.4, 0.5) is 0 Å². The third-order valence-corrected chi connectivity index (χ3v) is 6.08. The number of aliphatic hydroxyl groups is 1. The van der Waals surface area contributed by atoms with Crippen molar-refractivity contribution >= 4 is 32.6 Å². The van der Waals surface area contributed by atoms with Crippen LogP contribution in [0.2, 0.25) is 0 Å². The molecule has 2 aromatic heterocycles. The molecule has 0 atom stereocenters. The molecule has 0 bridgehead atoms. The lowest BCUT2D eigenvalue weighted by atomic mass is 10.0. The highest BCUT2D eigenvalue weighted by molar-refractivity contribution is 6.15. The predicted molar refractivity (Wildman–Crippen MR) is 125 cm³/mol. The van der Waals surface area contributed by atoms with Crippen molar-refractivity contribution in [3.05, 3.63) is 40.8 Å². The highest BCUT2D eigenvalue weighted by Gasteiger charge is 2.21. The topological polar surface area (TPSA) is 95.3 Å². The van der Waals surface area contributed by atoms with Crippen LogP contribution in [0.1, 0.15) is 0 Å². The van der Waals surface area contributed by atoms with E-state index < -0.39 is 0 Å². The van der Waals surface area contributed by atoms with Crippen molar-refractivity contribution in [1.29, 1.82) is 0 Å². The number of ether oxygens (including phenoxy) is 4. The van der Waals surface area contributed by atoms with Gasteiger partial charge in [0.1, 0.15) is 0 Å². The number of methoxy groups -OCH3 is 2. The van der Waals surface area contributed by atoms with Gasteiger partial charge in [0.05, 0.1) is 37.2 Å². The Balaban J connectivity index is 1.86. The average molecular weight is 451 g/mol. The van der Waals surface area contributed by atoms with Crippen LogP contribution in [0.15, 0.2) is 35.3 Å². The van der Waals surface area contributed by atoms with E-state index in [9.17, 15) is 9.90 Å². The van der Waals surface area contributed by atoms with Crippen molar-refractivity contribution in [2.75, 3.05) is 47.8 Å². The van der Waals surface area contributed by atoms with Crippen molar-refractivity contribution in [2.45, 2.75) is 6.54 Å². The van der Waals surface area contributed by atoms with Crippen LogP contribution in [0.5, 0.6) is 23.0 Å². The van der Waals surface area contributed by atoms with Crippen molar-refractivity contribution < 1.29 is 24.1 Å². The van der Waals surface area contributed by atoms with Gasteiger partial charge in [0.2, 0.25) is 6.79 Å². The molecule has 2 aromatic carbocycles. The number of pyridine rings is 2. The minimum Gasteiger partial charge on any atom is -0.493 e. The first-order valence-electron chi connectivity index (χ1n) is 10.7. The Hall–Kier alpha value is -3.56. The fourth-order valence-corrected chi connectivity index (χ4v) is 4.35. The van der Waals surface area contributed by atoms with E-state index in [1.54, 1.807) is 31.0 Å². The van der Waals surface area contributed by atoms with Crippen LogP contribution in [0.25, 0.3) is 32.6 Å². The number of aromatic nitrogens is 2. The summed E-state index contributed by atoms with van der Waals surface area (Å²) in [5.41, 5.74) is 1.34. The molecule has 0 unspecified atom stereocenters. The minimum absolute atomic E-state index is 0.0528. The molecular weight excluding hydrogens is 426 g/mol. The van der Waals surface area contributed by atoms with E-state index in [4.69, 9.17) is 18.9 Å². The number of aliphatic hydroxyl groups excluding tert-OH is 1. The summed E-state index contributed by atoms with van der Waals surface area (Å²) < 4.78 is 23.8. The number of benzene rings is 2. The van der Waals surface area contributed by atoms with Gasteiger partial charge in [0, 0.05) is 48.1 Å². The summed E-state index contributed by atoms with van der Waals surface area (Å²) in [4.78, 5) is 20.4. The van der Waals surface area contributed by atoms with Gasteiger partial charge >= 0.3 is 0 Å². The van der Waals surface area contributed by atoms with Crippen LogP contribution in [0, 0.1) is 0 Å². The Morgan fingerprint density at radius 2 is 1.70 bits per heavy atom. The highest BCUT2D eigenvalue weighted by atomic mass is 16.7. The third-order valence-electron chi connectivity index (χ3n) is 6.08. The molecule has 1 N–H and O–H groups in total. The molecule has 0 amide bonds. The lowest BCUT2D eigenvalue weighted by molar-refractivity contribution is 0.174. The Labute approximate surface area is 189 Å². The van der Waals surface area contributed by atoms with E-state index in [-0.39, 0.29) is 19.0 Å². The minimum atomic E-state index is -0.138. The normalized spacial score (nSPS) is 12.9. The number of likely N-dealkylation sites (N-methyl/N-ethyl adjacent to an activating group) is 1. The average Bonchev–Trinajstić information content (AvgIpc) is 3.29. The Kier molecular flexibility index (Phi) is 5.43. The molecule has 0 fully saturated rings. The van der Waals surface area contributed by atoms with Gasteiger partial charge in [0.15, 0.2) is 23.0 Å². The van der Waals surface area contributed by atoms with Crippen LogP contribution >= 0.6 is 0 Å². The molecule has 172 valence electrons. The molecule has 0 spiro atoms. The van der Waals surface area contributed by atoms with E-state index in [2.05, 4.69) is 4.98 Å². The van der Waals surface area contributed by atoms with E-state index >= 15 is 0 Å². The lowest BCUT2D eigenvalue weighted by Gasteiger charge is -2.20. The molecule has 33 heavy (non-hydrogen) atoms. The number of hydrogen-bond acceptors (Lipinski definition) is 8. The van der Waals surface area contributed by atoms with Crippen molar-refractivity contribution in [3.8, 4) is 23.0 Å².